The number of hydrogen-bond acceptors (Lipinski definition) is 4. The molecule has 0 aromatic rings. The second-order valence-corrected chi connectivity index (χ2v) is 7.57. The van der Waals surface area contributed by atoms with Crippen LogP contribution in [0.5, 0.6) is 0 Å². The quantitative estimate of drug-likeness (QED) is 0.713. The summed E-state index contributed by atoms with van der Waals surface area (Å²) in [7, 11) is 1.89. The Balaban J connectivity index is 1.98. The minimum Gasteiger partial charge on any atom is -0.378 e. The van der Waals surface area contributed by atoms with Crippen molar-refractivity contribution in [3.05, 3.63) is 0 Å². The maximum Gasteiger partial charge on any atom is 0.232 e. The Morgan fingerprint density at radius 3 is 2.81 bits per heavy atom. The van der Waals surface area contributed by atoms with E-state index in [0.717, 1.165) is 32.3 Å². The number of ether oxygens (including phenoxy) is 2. The molecule has 2 fully saturated rings. The molecule has 2 saturated heterocycles. The lowest BCUT2D eigenvalue weighted by molar-refractivity contribution is -0.160. The molecule has 2 aliphatic heterocycles. The molecule has 0 aromatic heterocycles. The van der Waals surface area contributed by atoms with E-state index in [0.29, 0.717) is 13.2 Å². The molecule has 0 aliphatic carbocycles. The van der Waals surface area contributed by atoms with Crippen LogP contribution in [-0.2, 0) is 18.5 Å². The SMILES string of the molecule is O=S(=O)(Cl)CC1CCOC2(CCCOC2)C1. The highest BCUT2D eigenvalue weighted by Crippen LogP contribution is 2.36. The fourth-order valence-corrected chi connectivity index (χ4v) is 4.04. The first kappa shape index (κ1) is 12.6. The van der Waals surface area contributed by atoms with Crippen LogP contribution in [-0.4, -0.2) is 39.6 Å². The number of hydrogen-bond donors (Lipinski definition) is 0. The highest BCUT2D eigenvalue weighted by atomic mass is 35.7. The second kappa shape index (κ2) is 4.80. The van der Waals surface area contributed by atoms with Crippen molar-refractivity contribution in [2.24, 2.45) is 5.92 Å². The van der Waals surface area contributed by atoms with E-state index in [1.54, 1.807) is 0 Å². The third-order valence-electron chi connectivity index (χ3n) is 3.32. The lowest BCUT2D eigenvalue weighted by atomic mass is 9.83. The average molecular weight is 269 g/mol. The number of halogens is 1. The van der Waals surface area contributed by atoms with Gasteiger partial charge in [-0.25, -0.2) is 8.42 Å². The van der Waals surface area contributed by atoms with Gasteiger partial charge in [0.05, 0.1) is 18.0 Å². The van der Waals surface area contributed by atoms with Crippen molar-refractivity contribution in [2.75, 3.05) is 25.6 Å². The third kappa shape index (κ3) is 3.32. The van der Waals surface area contributed by atoms with Crippen molar-refractivity contribution < 1.29 is 17.9 Å². The van der Waals surface area contributed by atoms with Crippen molar-refractivity contribution in [3.8, 4) is 0 Å². The zero-order chi connectivity index (χ0) is 11.6. The summed E-state index contributed by atoms with van der Waals surface area (Å²) in [4.78, 5) is 0. The fraction of sp³-hybridized carbons (Fsp3) is 1.00. The van der Waals surface area contributed by atoms with E-state index >= 15 is 0 Å². The Morgan fingerprint density at radius 1 is 1.38 bits per heavy atom. The molecule has 0 N–H and O–H groups in total. The average Bonchev–Trinajstić information content (AvgIpc) is 2.16. The second-order valence-electron chi connectivity index (χ2n) is 4.75. The maximum atomic E-state index is 11.1. The molecule has 0 radical (unpaired) electrons. The minimum absolute atomic E-state index is 0.0552. The summed E-state index contributed by atoms with van der Waals surface area (Å²) in [5.41, 5.74) is -0.247. The topological polar surface area (TPSA) is 52.6 Å². The fourth-order valence-electron chi connectivity index (χ4n) is 2.65. The largest absolute Gasteiger partial charge is 0.378 e. The van der Waals surface area contributed by atoms with Crippen LogP contribution in [0.4, 0.5) is 0 Å². The normalized spacial score (nSPS) is 36.4. The van der Waals surface area contributed by atoms with Crippen LogP contribution >= 0.6 is 10.7 Å². The highest BCUT2D eigenvalue weighted by Gasteiger charge is 2.40. The van der Waals surface area contributed by atoms with Gasteiger partial charge in [0.1, 0.15) is 0 Å². The van der Waals surface area contributed by atoms with Crippen molar-refractivity contribution in [1.29, 1.82) is 0 Å². The van der Waals surface area contributed by atoms with E-state index in [1.165, 1.54) is 0 Å². The summed E-state index contributed by atoms with van der Waals surface area (Å²) in [5, 5.41) is 0. The molecule has 2 heterocycles. The molecule has 16 heavy (non-hydrogen) atoms. The standard InChI is InChI=1S/C10H17ClO4S/c11-16(12,13)7-9-2-5-15-10(6-9)3-1-4-14-8-10/h9H,1-8H2. The molecule has 6 heteroatoms. The first-order chi connectivity index (χ1) is 7.49. The van der Waals surface area contributed by atoms with Crippen LogP contribution in [0.1, 0.15) is 25.7 Å². The predicted molar refractivity (Wildman–Crippen MR) is 61.1 cm³/mol. The molecular formula is C10H17ClO4S. The molecule has 0 bridgehead atoms. The van der Waals surface area contributed by atoms with E-state index in [1.807, 2.05) is 0 Å². The van der Waals surface area contributed by atoms with Gasteiger partial charge in [0.25, 0.3) is 0 Å². The van der Waals surface area contributed by atoms with Crippen molar-refractivity contribution in [1.82, 2.24) is 0 Å². The van der Waals surface area contributed by atoms with Crippen LogP contribution in [0.15, 0.2) is 0 Å². The Labute approximate surface area is 101 Å². The zero-order valence-corrected chi connectivity index (χ0v) is 10.7. The van der Waals surface area contributed by atoms with Crippen molar-refractivity contribution >= 4 is 19.7 Å². The van der Waals surface area contributed by atoms with Crippen molar-refractivity contribution in [2.45, 2.75) is 31.3 Å². The molecule has 94 valence electrons. The van der Waals surface area contributed by atoms with E-state index in [2.05, 4.69) is 0 Å². The Morgan fingerprint density at radius 2 is 2.19 bits per heavy atom. The van der Waals surface area contributed by atoms with Gasteiger partial charge in [0.2, 0.25) is 9.05 Å². The lowest BCUT2D eigenvalue weighted by Crippen LogP contribution is -2.47. The zero-order valence-electron chi connectivity index (χ0n) is 9.15. The molecule has 0 aromatic carbocycles. The van der Waals surface area contributed by atoms with Gasteiger partial charge in [-0.1, -0.05) is 0 Å². The van der Waals surface area contributed by atoms with Gasteiger partial charge < -0.3 is 9.47 Å². The Hall–Kier alpha value is 0.160. The summed E-state index contributed by atoms with van der Waals surface area (Å²) in [5.74, 6) is 0.164. The summed E-state index contributed by atoms with van der Waals surface area (Å²) in [6.45, 7) is 1.98. The van der Waals surface area contributed by atoms with Crippen LogP contribution in [0.25, 0.3) is 0 Å². The van der Waals surface area contributed by atoms with Crippen LogP contribution in [0.2, 0.25) is 0 Å². The van der Waals surface area contributed by atoms with Gasteiger partial charge in [0.15, 0.2) is 0 Å². The van der Waals surface area contributed by atoms with Gasteiger partial charge >= 0.3 is 0 Å². The lowest BCUT2D eigenvalue weighted by Gasteiger charge is -2.42. The summed E-state index contributed by atoms with van der Waals surface area (Å²) < 4.78 is 33.4. The number of rotatable bonds is 2. The summed E-state index contributed by atoms with van der Waals surface area (Å²) in [6.07, 6.45) is 3.47. The van der Waals surface area contributed by atoms with Gasteiger partial charge in [-0.3, -0.25) is 0 Å². The van der Waals surface area contributed by atoms with Crippen molar-refractivity contribution in [3.63, 3.8) is 0 Å². The maximum absolute atomic E-state index is 11.1. The van der Waals surface area contributed by atoms with E-state index in [-0.39, 0.29) is 17.3 Å². The smallest absolute Gasteiger partial charge is 0.232 e. The minimum atomic E-state index is -3.40. The Kier molecular flexibility index (Phi) is 3.79. The molecule has 2 atom stereocenters. The molecule has 2 aliphatic rings. The predicted octanol–water partition coefficient (Wildman–Crippen LogP) is 1.53. The van der Waals surface area contributed by atoms with Gasteiger partial charge in [0, 0.05) is 23.9 Å². The molecule has 1 spiro atoms. The third-order valence-corrected chi connectivity index (χ3v) is 4.56. The molecule has 0 saturated carbocycles. The van der Waals surface area contributed by atoms with Crippen LogP contribution < -0.4 is 0 Å². The Bertz CT molecular complexity index is 329. The van der Waals surface area contributed by atoms with E-state index in [9.17, 15) is 8.42 Å². The monoisotopic (exact) mass is 268 g/mol. The molecular weight excluding hydrogens is 252 g/mol. The van der Waals surface area contributed by atoms with E-state index < -0.39 is 9.05 Å². The molecule has 2 unspecified atom stereocenters. The van der Waals surface area contributed by atoms with Gasteiger partial charge in [-0.2, -0.15) is 0 Å². The first-order valence-corrected chi connectivity index (χ1v) is 8.11. The summed E-state index contributed by atoms with van der Waals surface area (Å²) in [6, 6.07) is 0. The van der Waals surface area contributed by atoms with Gasteiger partial charge in [-0.15, -0.1) is 0 Å². The summed E-state index contributed by atoms with van der Waals surface area (Å²) >= 11 is 0. The van der Waals surface area contributed by atoms with Crippen LogP contribution in [0.3, 0.4) is 0 Å². The van der Waals surface area contributed by atoms with E-state index in [4.69, 9.17) is 20.2 Å². The van der Waals surface area contributed by atoms with Gasteiger partial charge in [-0.05, 0) is 31.6 Å². The molecule has 2 rings (SSSR count). The molecule has 0 amide bonds. The van der Waals surface area contributed by atoms with Crippen LogP contribution in [0, 0.1) is 5.92 Å². The molecule has 4 nitrogen and oxygen atoms in total. The highest BCUT2D eigenvalue weighted by molar-refractivity contribution is 8.13. The first-order valence-electron chi connectivity index (χ1n) is 5.63.